The summed E-state index contributed by atoms with van der Waals surface area (Å²) in [6, 6.07) is 45.3. The number of para-hydroxylation sites is 2. The van der Waals surface area contributed by atoms with Crippen LogP contribution in [0.5, 0.6) is 0 Å². The highest BCUT2D eigenvalue weighted by atomic mass is 16.3. The maximum absolute atomic E-state index is 7.51. The largest absolute Gasteiger partial charge is 0.455 e. The van der Waals surface area contributed by atoms with E-state index in [2.05, 4.69) is 116 Å². The molecule has 3 aliphatic rings. The number of anilines is 3. The smallest absolute Gasteiger partial charge is 0.143 e. The molecule has 9 aromatic carbocycles. The predicted molar refractivity (Wildman–Crippen MR) is 307 cm³/mol. The lowest BCUT2D eigenvalue weighted by atomic mass is 9.62. The molecule has 1 heterocycles. The van der Waals surface area contributed by atoms with Crippen LogP contribution in [-0.4, -0.2) is 86.3 Å². The van der Waals surface area contributed by atoms with Crippen molar-refractivity contribution in [3.8, 4) is 44.5 Å². The van der Waals surface area contributed by atoms with Gasteiger partial charge >= 0.3 is 0 Å². The molecule has 0 atom stereocenters. The molecule has 2 nitrogen and oxygen atoms in total. The van der Waals surface area contributed by atoms with E-state index < -0.39 is 5.41 Å². The molecule has 71 heavy (non-hydrogen) atoms. The molecule has 0 amide bonds. The molecule has 0 aliphatic heterocycles. The first-order chi connectivity index (χ1) is 34.0. The van der Waals surface area contributed by atoms with E-state index in [1.807, 2.05) is 36.4 Å². The SMILES string of the molecule is [B]c1cc2c(c([B])c1[B])-c1c(cc([B])c([B])c1[B])C21c2cc([B])c([B])c([B])c2-c2c1cc(N(c1ccc(-c3cccc4c3oc3ccccc34)cc1)c1ccc3c(c1)C(C)(C)c1ccccc1-3)c([B])c2[B]. The van der Waals surface area contributed by atoms with Crippen molar-refractivity contribution in [3.05, 3.63) is 167 Å². The summed E-state index contributed by atoms with van der Waals surface area (Å²) in [4.78, 5) is 2.15. The summed E-state index contributed by atoms with van der Waals surface area (Å²) in [5, 5.41) is 2.10. The van der Waals surface area contributed by atoms with Gasteiger partial charge in [-0.25, -0.2) is 0 Å². The molecule has 3 aliphatic carbocycles. The van der Waals surface area contributed by atoms with Crippen LogP contribution in [0.15, 0.2) is 138 Å². The predicted octanol–water partition coefficient (Wildman–Crippen LogP) is 2.10. The minimum Gasteiger partial charge on any atom is -0.455 e. The summed E-state index contributed by atoms with van der Waals surface area (Å²) in [5.74, 6) is 0. The second kappa shape index (κ2) is 15.2. The Morgan fingerprint density at radius 1 is 0.380 bits per heavy atom. The second-order valence-corrected chi connectivity index (χ2v) is 19.6. The van der Waals surface area contributed by atoms with Gasteiger partial charge in [-0.05, 0) is 109 Å². The molecule has 13 rings (SSSR count). The monoisotopic (exact) mass is 875 g/mol. The van der Waals surface area contributed by atoms with E-state index in [4.69, 9.17) is 90.7 Å². The maximum atomic E-state index is 7.51. The van der Waals surface area contributed by atoms with Gasteiger partial charge in [-0.3, -0.25) is 0 Å². The van der Waals surface area contributed by atoms with Gasteiger partial charge in [-0.1, -0.05) is 138 Å². The van der Waals surface area contributed by atoms with Crippen molar-refractivity contribution in [3.63, 3.8) is 0 Å². The number of furan rings is 1. The number of benzene rings is 9. The number of nitrogens with zero attached hydrogens (tertiary/aromatic N) is 1. The van der Waals surface area contributed by atoms with Crippen LogP contribution in [0.3, 0.4) is 0 Å². The fourth-order valence-electron chi connectivity index (χ4n) is 12.3. The van der Waals surface area contributed by atoms with Crippen LogP contribution in [0.4, 0.5) is 17.1 Å². The zero-order chi connectivity index (χ0) is 49.3. The fraction of sp³-hybridized carbons (Fsp3) is 0.0690. The van der Waals surface area contributed by atoms with Crippen molar-refractivity contribution < 1.29 is 4.42 Å². The van der Waals surface area contributed by atoms with Gasteiger partial charge in [0.2, 0.25) is 0 Å². The number of hydrogen-bond acceptors (Lipinski definition) is 2. The van der Waals surface area contributed by atoms with Gasteiger partial charge < -0.3 is 9.32 Å². The van der Waals surface area contributed by atoms with E-state index in [0.717, 1.165) is 55.6 Å². The first kappa shape index (κ1) is 44.3. The van der Waals surface area contributed by atoms with Crippen LogP contribution in [0.25, 0.3) is 66.4 Å². The molecule has 0 saturated carbocycles. The summed E-state index contributed by atoms with van der Waals surface area (Å²) in [7, 11) is 76.4. The molecule has 0 N–H and O–H groups in total. The van der Waals surface area contributed by atoms with Crippen molar-refractivity contribution in [2.45, 2.75) is 24.7 Å². The number of fused-ring (bicyclic) bond motifs is 16. The summed E-state index contributed by atoms with van der Waals surface area (Å²) < 4.78 is 6.49. The Labute approximate surface area is 428 Å². The van der Waals surface area contributed by atoms with Gasteiger partial charge in [-0.2, -0.15) is 0 Å². The molecule has 1 aromatic heterocycles. The van der Waals surface area contributed by atoms with Crippen LogP contribution < -0.4 is 65.0 Å². The van der Waals surface area contributed by atoms with E-state index in [9.17, 15) is 0 Å². The zero-order valence-electron chi connectivity index (χ0n) is 38.9. The van der Waals surface area contributed by atoms with Crippen molar-refractivity contribution >= 4 is 185 Å². The Morgan fingerprint density at radius 2 is 0.859 bits per heavy atom. The lowest BCUT2D eigenvalue weighted by Crippen LogP contribution is -2.43. The Balaban J connectivity index is 1.11. The average Bonchev–Trinajstić information content (AvgIpc) is 4.05. The van der Waals surface area contributed by atoms with Crippen molar-refractivity contribution in [1.29, 1.82) is 0 Å². The molecule has 13 heteroatoms. The van der Waals surface area contributed by atoms with Crippen LogP contribution >= 0.6 is 0 Å². The van der Waals surface area contributed by atoms with Crippen molar-refractivity contribution in [1.82, 2.24) is 0 Å². The fourth-order valence-corrected chi connectivity index (χ4v) is 12.3. The molecule has 0 bridgehead atoms. The highest BCUT2D eigenvalue weighted by Gasteiger charge is 2.54. The highest BCUT2D eigenvalue weighted by molar-refractivity contribution is 6.63. The minimum absolute atomic E-state index is 0.196. The van der Waals surface area contributed by atoms with Crippen LogP contribution in [-0.2, 0) is 10.8 Å². The summed E-state index contributed by atoms with van der Waals surface area (Å²) in [6.45, 7) is 4.51. The molecule has 0 unspecified atom stereocenters. The van der Waals surface area contributed by atoms with Gasteiger partial charge in [-0.15, -0.1) is 32.8 Å². The van der Waals surface area contributed by atoms with E-state index >= 15 is 0 Å². The van der Waals surface area contributed by atoms with Gasteiger partial charge in [0.05, 0.1) is 5.41 Å². The van der Waals surface area contributed by atoms with Crippen LogP contribution in [0.2, 0.25) is 0 Å². The maximum Gasteiger partial charge on any atom is 0.143 e. The van der Waals surface area contributed by atoms with Crippen molar-refractivity contribution in [2.24, 2.45) is 0 Å². The summed E-state index contributed by atoms with van der Waals surface area (Å²) in [5.41, 5.74) is 16.4. The summed E-state index contributed by atoms with van der Waals surface area (Å²) >= 11 is 0. The lowest BCUT2D eigenvalue weighted by Gasteiger charge is -2.35. The molecular formula is C58H28B11NO. The lowest BCUT2D eigenvalue weighted by molar-refractivity contribution is 0.660. The molecular weight excluding hydrogens is 846 g/mol. The highest BCUT2D eigenvalue weighted by Crippen LogP contribution is 2.61. The third-order valence-electron chi connectivity index (χ3n) is 15.7. The third-order valence-corrected chi connectivity index (χ3v) is 15.7. The van der Waals surface area contributed by atoms with Gasteiger partial charge in [0.25, 0.3) is 0 Å². The topological polar surface area (TPSA) is 16.4 Å². The molecule has 1 spiro atoms. The van der Waals surface area contributed by atoms with Gasteiger partial charge in [0, 0.05) is 38.8 Å². The Kier molecular flexibility index (Phi) is 9.45. The minimum atomic E-state index is -1.31. The van der Waals surface area contributed by atoms with E-state index in [-0.39, 0.29) is 60.0 Å². The first-order valence-electron chi connectivity index (χ1n) is 23.3. The number of rotatable bonds is 4. The van der Waals surface area contributed by atoms with E-state index in [0.29, 0.717) is 55.7 Å². The normalized spacial score (nSPS) is 14.1. The molecule has 10 aromatic rings. The molecule has 304 valence electrons. The summed E-state index contributed by atoms with van der Waals surface area (Å²) in [6.07, 6.45) is 0. The van der Waals surface area contributed by atoms with Crippen molar-refractivity contribution in [2.75, 3.05) is 4.90 Å². The average molecular weight is 874 g/mol. The molecule has 0 saturated heterocycles. The quantitative estimate of drug-likeness (QED) is 0.253. The van der Waals surface area contributed by atoms with Gasteiger partial charge in [0.1, 0.15) is 97.5 Å². The Morgan fingerprint density at radius 3 is 1.46 bits per heavy atom. The Hall–Kier alpha value is -6.71. The second-order valence-electron chi connectivity index (χ2n) is 19.6. The van der Waals surface area contributed by atoms with E-state index in [1.165, 1.54) is 11.1 Å². The van der Waals surface area contributed by atoms with Crippen LogP contribution in [0.1, 0.15) is 47.2 Å². The molecule has 0 fully saturated rings. The Bertz CT molecular complexity index is 3980. The zero-order valence-corrected chi connectivity index (χ0v) is 38.9. The van der Waals surface area contributed by atoms with E-state index in [1.54, 1.807) is 0 Å². The van der Waals surface area contributed by atoms with Gasteiger partial charge in [0.15, 0.2) is 0 Å². The standard InChI is InChI=1S/C58H28B11NO/c1-57(2)33-12-5-3-8-29(33)30-19-18-27(20-34(30)57)70(26-16-14-25(15-17-26)28-10-7-11-32-31-9-4-6-13-43(31)71-56(28)32)42-24-38-47(55(69)51(42)65)46-37(23-41(61)50(64)54(46)68)58(38)35-21-39(59)48(62)52(66)44(35)45-36(58)22-40(60)49(63)53(45)67/h3-24H,1-2H3. The number of hydrogen-bond donors (Lipinski definition) is 0. The van der Waals surface area contributed by atoms with Crippen LogP contribution in [0, 0.1) is 0 Å². The first-order valence-corrected chi connectivity index (χ1v) is 23.3. The third kappa shape index (κ3) is 5.70. The molecule has 22 radical (unpaired) electrons.